The summed E-state index contributed by atoms with van der Waals surface area (Å²) in [5.74, 6) is -0.503. The average Bonchev–Trinajstić information content (AvgIpc) is 3.13. The molecule has 0 aliphatic carbocycles. The van der Waals surface area contributed by atoms with Gasteiger partial charge in [-0.3, -0.25) is 18.6 Å². The van der Waals surface area contributed by atoms with E-state index in [1.165, 1.54) is 161 Å². The van der Waals surface area contributed by atoms with Gasteiger partial charge in [0.25, 0.3) is 0 Å². The van der Waals surface area contributed by atoms with Crippen molar-refractivity contribution in [3.63, 3.8) is 0 Å². The summed E-state index contributed by atoms with van der Waals surface area (Å²) >= 11 is 0. The molecule has 9 nitrogen and oxygen atoms in total. The Hall–Kier alpha value is -0.990. The number of nitrogens with one attached hydrogen (secondary N) is 1. The number of phosphoric ester groups is 1. The fourth-order valence-corrected chi connectivity index (χ4v) is 7.20. The zero-order valence-corrected chi connectivity index (χ0v) is 34.9. The maximum absolute atomic E-state index is 12.1. The van der Waals surface area contributed by atoms with E-state index in [-0.39, 0.29) is 25.7 Å². The topological polar surface area (TPSA) is 131 Å². The van der Waals surface area contributed by atoms with Crippen molar-refractivity contribution in [2.75, 3.05) is 26.4 Å². The fraction of sp³-hybridized carbons (Fsp3) is 0.952. The van der Waals surface area contributed by atoms with Crippen molar-refractivity contribution < 1.29 is 37.9 Å². The van der Waals surface area contributed by atoms with Gasteiger partial charge in [0.05, 0.1) is 13.2 Å². The zero-order chi connectivity index (χ0) is 38.2. The first-order valence-corrected chi connectivity index (χ1v) is 23.5. The van der Waals surface area contributed by atoms with E-state index in [0.29, 0.717) is 12.8 Å². The molecule has 52 heavy (non-hydrogen) atoms. The summed E-state index contributed by atoms with van der Waals surface area (Å²) in [5.41, 5.74) is 0. The Bertz CT molecular complexity index is 830. The van der Waals surface area contributed by atoms with Gasteiger partial charge in [-0.15, -0.1) is 0 Å². The van der Waals surface area contributed by atoms with E-state index in [9.17, 15) is 24.2 Å². The average molecular weight is 762 g/mol. The Labute approximate surface area is 320 Å². The van der Waals surface area contributed by atoms with E-state index < -0.39 is 26.5 Å². The van der Waals surface area contributed by atoms with Crippen LogP contribution in [0.15, 0.2) is 0 Å². The fourth-order valence-electron chi connectivity index (χ4n) is 6.44. The van der Waals surface area contributed by atoms with Gasteiger partial charge in [0.2, 0.25) is 5.91 Å². The van der Waals surface area contributed by atoms with Gasteiger partial charge in [-0.2, -0.15) is 0 Å². The van der Waals surface area contributed by atoms with E-state index in [1.807, 2.05) is 0 Å². The van der Waals surface area contributed by atoms with Gasteiger partial charge in [0, 0.05) is 19.4 Å². The van der Waals surface area contributed by atoms with Crippen molar-refractivity contribution in [2.45, 2.75) is 232 Å². The molecule has 0 heterocycles. The smallest absolute Gasteiger partial charge is 0.463 e. The van der Waals surface area contributed by atoms with E-state index in [0.717, 1.165) is 38.5 Å². The van der Waals surface area contributed by atoms with Crippen LogP contribution >= 0.6 is 7.82 Å². The van der Waals surface area contributed by atoms with Crippen LogP contribution in [0.2, 0.25) is 0 Å². The van der Waals surface area contributed by atoms with E-state index in [2.05, 4.69) is 19.2 Å². The first-order chi connectivity index (χ1) is 25.3. The minimum Gasteiger partial charge on any atom is -0.463 e. The third-order valence-corrected chi connectivity index (χ3v) is 10.8. The van der Waals surface area contributed by atoms with Crippen molar-refractivity contribution in [1.29, 1.82) is 0 Å². The molecule has 0 aliphatic rings. The SMILES string of the molecule is CCCCCCCCCCCCCCCCCCCC(=O)OCC(O)COP(=O)(O)OCCNC(=O)CCCCCCCCCCCCCCCC. The minimum absolute atomic E-state index is 0.0882. The van der Waals surface area contributed by atoms with Gasteiger partial charge in [-0.25, -0.2) is 4.57 Å². The Morgan fingerprint density at radius 3 is 1.25 bits per heavy atom. The number of hydrogen-bond donors (Lipinski definition) is 3. The van der Waals surface area contributed by atoms with Crippen LogP contribution in [0.5, 0.6) is 0 Å². The number of aliphatic hydroxyl groups is 1. The zero-order valence-electron chi connectivity index (χ0n) is 34.0. The van der Waals surface area contributed by atoms with Gasteiger partial charge in [0.15, 0.2) is 0 Å². The summed E-state index contributed by atoms with van der Waals surface area (Å²) in [4.78, 5) is 33.9. The Kier molecular flexibility index (Phi) is 38.9. The van der Waals surface area contributed by atoms with Crippen LogP contribution in [0, 0.1) is 0 Å². The van der Waals surface area contributed by atoms with Crippen molar-refractivity contribution in [1.82, 2.24) is 5.32 Å². The molecule has 10 heteroatoms. The predicted molar refractivity (Wildman–Crippen MR) is 215 cm³/mol. The molecule has 2 atom stereocenters. The predicted octanol–water partition coefficient (Wildman–Crippen LogP) is 12.1. The summed E-state index contributed by atoms with van der Waals surface area (Å²) in [7, 11) is -4.41. The van der Waals surface area contributed by atoms with E-state index >= 15 is 0 Å². The molecule has 2 unspecified atom stereocenters. The number of esters is 1. The molecular weight excluding hydrogens is 677 g/mol. The molecule has 0 aromatic carbocycles. The summed E-state index contributed by atoms with van der Waals surface area (Å²) in [6.45, 7) is 3.60. The van der Waals surface area contributed by atoms with Gasteiger partial charge >= 0.3 is 13.8 Å². The Morgan fingerprint density at radius 1 is 0.519 bits per heavy atom. The lowest BCUT2D eigenvalue weighted by Gasteiger charge is -2.15. The van der Waals surface area contributed by atoms with Crippen LogP contribution in [-0.2, 0) is 27.9 Å². The third-order valence-electron chi connectivity index (χ3n) is 9.79. The highest BCUT2D eigenvalue weighted by Crippen LogP contribution is 2.42. The maximum Gasteiger partial charge on any atom is 0.472 e. The third kappa shape index (κ3) is 40.2. The molecule has 0 rings (SSSR count). The van der Waals surface area contributed by atoms with E-state index in [1.54, 1.807) is 0 Å². The molecule has 0 saturated heterocycles. The molecule has 0 fully saturated rings. The minimum atomic E-state index is -4.41. The van der Waals surface area contributed by atoms with Crippen LogP contribution in [0.1, 0.15) is 226 Å². The number of rotatable bonds is 42. The highest BCUT2D eigenvalue weighted by atomic mass is 31.2. The first-order valence-electron chi connectivity index (χ1n) is 22.0. The number of aliphatic hydroxyl groups excluding tert-OH is 1. The van der Waals surface area contributed by atoms with E-state index in [4.69, 9.17) is 13.8 Å². The number of carbonyl (C=O) groups excluding carboxylic acids is 2. The van der Waals surface area contributed by atoms with Gasteiger partial charge in [-0.1, -0.05) is 200 Å². The number of ether oxygens (including phenoxy) is 1. The van der Waals surface area contributed by atoms with Crippen molar-refractivity contribution in [3.8, 4) is 0 Å². The largest absolute Gasteiger partial charge is 0.472 e. The molecule has 0 aromatic heterocycles. The lowest BCUT2D eigenvalue weighted by Crippen LogP contribution is -2.27. The van der Waals surface area contributed by atoms with Gasteiger partial charge in [0.1, 0.15) is 12.7 Å². The first kappa shape index (κ1) is 51.0. The van der Waals surface area contributed by atoms with Crippen LogP contribution in [0.4, 0.5) is 0 Å². The Balaban J connectivity index is 3.55. The number of hydrogen-bond acceptors (Lipinski definition) is 7. The summed E-state index contributed by atoms with van der Waals surface area (Å²) in [6, 6.07) is 0. The van der Waals surface area contributed by atoms with Crippen LogP contribution in [-0.4, -0.2) is 54.3 Å². The highest BCUT2D eigenvalue weighted by molar-refractivity contribution is 7.47. The molecule has 0 saturated carbocycles. The molecular formula is C42H84NO8P. The number of carbonyl (C=O) groups is 2. The normalized spacial score (nSPS) is 13.2. The summed E-state index contributed by atoms with van der Waals surface area (Å²) in [6.07, 6.45) is 38.8. The second-order valence-corrected chi connectivity index (χ2v) is 16.5. The molecule has 0 spiro atoms. The number of amides is 1. The molecule has 0 aromatic rings. The molecule has 310 valence electrons. The highest BCUT2D eigenvalue weighted by Gasteiger charge is 2.23. The van der Waals surface area contributed by atoms with Crippen LogP contribution in [0.3, 0.4) is 0 Å². The van der Waals surface area contributed by atoms with Crippen LogP contribution in [0.25, 0.3) is 0 Å². The summed E-state index contributed by atoms with van der Waals surface area (Å²) < 4.78 is 26.9. The molecule has 0 bridgehead atoms. The molecule has 1 amide bonds. The standard InChI is InChI=1S/C42H84NO8P/c1-3-5-7-9-11-13-15-17-19-20-21-23-25-27-29-31-33-35-42(46)49-38-40(44)39-51-52(47,48)50-37-36-43-41(45)34-32-30-28-26-24-22-18-16-14-12-10-8-6-4-2/h40,44H,3-39H2,1-2H3,(H,43,45)(H,47,48). The monoisotopic (exact) mass is 762 g/mol. The van der Waals surface area contributed by atoms with Gasteiger partial charge in [-0.05, 0) is 12.8 Å². The van der Waals surface area contributed by atoms with Crippen molar-refractivity contribution in [2.24, 2.45) is 0 Å². The Morgan fingerprint density at radius 2 is 0.865 bits per heavy atom. The molecule has 0 radical (unpaired) electrons. The molecule has 3 N–H and O–H groups in total. The van der Waals surface area contributed by atoms with Crippen molar-refractivity contribution in [3.05, 3.63) is 0 Å². The summed E-state index contributed by atoms with van der Waals surface area (Å²) in [5, 5.41) is 12.7. The number of phosphoric acid groups is 1. The second-order valence-electron chi connectivity index (χ2n) is 15.0. The number of unbranched alkanes of at least 4 members (excludes halogenated alkanes) is 29. The lowest BCUT2D eigenvalue weighted by atomic mass is 10.0. The lowest BCUT2D eigenvalue weighted by molar-refractivity contribution is -0.147. The van der Waals surface area contributed by atoms with Gasteiger partial charge < -0.3 is 20.1 Å². The van der Waals surface area contributed by atoms with Crippen molar-refractivity contribution >= 4 is 19.7 Å². The molecule has 0 aliphatic heterocycles. The second kappa shape index (κ2) is 39.7. The van der Waals surface area contributed by atoms with Crippen LogP contribution < -0.4 is 5.32 Å². The maximum atomic E-state index is 12.1. The quantitative estimate of drug-likeness (QED) is 0.0318.